The summed E-state index contributed by atoms with van der Waals surface area (Å²) in [5.74, 6) is -0.658. The van der Waals surface area contributed by atoms with Gasteiger partial charge >= 0.3 is 5.97 Å². The largest absolute Gasteiger partial charge is 0.464 e. The van der Waals surface area contributed by atoms with Gasteiger partial charge in [0.25, 0.3) is 0 Å². The van der Waals surface area contributed by atoms with Gasteiger partial charge in [-0.1, -0.05) is 19.1 Å². The summed E-state index contributed by atoms with van der Waals surface area (Å²) in [5, 5.41) is 5.86. The number of fused-ring (bicyclic) bond motifs is 1. The quantitative estimate of drug-likeness (QED) is 0.226. The van der Waals surface area contributed by atoms with Crippen LogP contribution >= 0.6 is 7.44 Å². The summed E-state index contributed by atoms with van der Waals surface area (Å²) in [4.78, 5) is 25.0. The van der Waals surface area contributed by atoms with Crippen LogP contribution in [0.5, 0.6) is 0 Å². The fraction of sp³-hybridized carbons (Fsp3) is 0.478. The number of nitrogens with two attached hydrogens (primary N) is 1. The number of carbonyl (C=O) groups excluding carboxylic acids is 1. The maximum absolute atomic E-state index is 13.9. The Morgan fingerprint density at radius 1 is 1.31 bits per heavy atom. The molecule has 196 valence electrons. The van der Waals surface area contributed by atoms with Crippen molar-refractivity contribution in [3.05, 3.63) is 48.3 Å². The molecule has 0 saturated carbocycles. The number of benzene rings is 1. The van der Waals surface area contributed by atoms with Crippen LogP contribution in [0.4, 0.5) is 10.2 Å². The van der Waals surface area contributed by atoms with Gasteiger partial charge in [0.1, 0.15) is 29.5 Å². The Hall–Kier alpha value is -2.92. The molecule has 2 atom stereocenters. The maximum Gasteiger partial charge on any atom is 0.326 e. The molecule has 3 aromatic rings. The molecule has 0 amide bonds. The van der Waals surface area contributed by atoms with Gasteiger partial charge in [-0.25, -0.2) is 29.5 Å². The number of nitrogen functional groups attached to an aromatic ring is 1. The lowest BCUT2D eigenvalue weighted by Crippen LogP contribution is -2.48. The molecular weight excluding hydrogens is 488 g/mol. The van der Waals surface area contributed by atoms with E-state index in [1.165, 1.54) is 18.5 Å². The van der Waals surface area contributed by atoms with Gasteiger partial charge < -0.3 is 19.8 Å². The smallest absolute Gasteiger partial charge is 0.326 e. The predicted octanol–water partition coefficient (Wildman–Crippen LogP) is 3.21. The fourth-order valence-corrected chi connectivity index (χ4v) is 5.58. The van der Waals surface area contributed by atoms with Crippen LogP contribution in [0.25, 0.3) is 11.2 Å². The van der Waals surface area contributed by atoms with Gasteiger partial charge in [-0.15, -0.1) is 0 Å². The number of nitrogens with one attached hydrogen (secondary N) is 2. The molecule has 0 radical (unpaired) electrons. The second kappa shape index (κ2) is 11.9. The molecule has 0 aliphatic carbocycles. The Bertz CT molecular complexity index is 1240. The highest BCUT2D eigenvalue weighted by Gasteiger charge is 2.37. The third-order valence-corrected chi connectivity index (χ3v) is 7.36. The summed E-state index contributed by atoms with van der Waals surface area (Å²) in [5.41, 5.74) is 6.23. The highest BCUT2D eigenvalue weighted by molar-refractivity contribution is 7.59. The Morgan fingerprint density at radius 3 is 2.81 bits per heavy atom. The van der Waals surface area contributed by atoms with Crippen LogP contribution in [0.15, 0.2) is 36.9 Å². The fourth-order valence-electron chi connectivity index (χ4n) is 3.45. The first-order valence-corrected chi connectivity index (χ1v) is 13.5. The monoisotopic (exact) mass is 521 g/mol. The molecule has 4 N–H and O–H groups in total. The zero-order chi connectivity index (χ0) is 26.3. The summed E-state index contributed by atoms with van der Waals surface area (Å²) in [6, 6.07) is 5.96. The lowest BCUT2D eigenvalue weighted by Gasteiger charge is -2.31. The molecule has 0 saturated heterocycles. The number of imidazole rings is 1. The number of esters is 1. The van der Waals surface area contributed by atoms with Crippen molar-refractivity contribution in [3.63, 3.8) is 0 Å². The first kappa shape index (κ1) is 27.7. The molecule has 0 bridgehead atoms. The number of anilines is 1. The summed E-state index contributed by atoms with van der Waals surface area (Å²) in [6.07, 6.45) is 2.97. The second-order valence-corrected chi connectivity index (χ2v) is 11.3. The number of hydrogen-bond donors (Lipinski definition) is 3. The number of rotatable bonds is 13. The summed E-state index contributed by atoms with van der Waals surface area (Å²) < 4.78 is 40.5. The number of ether oxygens (including phenoxy) is 2. The van der Waals surface area contributed by atoms with Crippen LogP contribution in [0.3, 0.4) is 0 Å². The zero-order valence-electron chi connectivity index (χ0n) is 20.9. The lowest BCUT2D eigenvalue weighted by atomic mass is 10.1. The molecule has 0 aliphatic rings. The standard InChI is InChI=1S/C23H33FN7O4P/c1-5-9-34-22(32)23(3,4)30-36(33,29-11-17-7-6-8-18(24)10-17)15-35-16(2)12-31-14-28-19-20(25)26-13-27-21(19)31/h6-8,10,13-14,16H,5,9,11-12,15H2,1-4H3,(H2,25,26,27)(H2,29,30,33)/t16-,36-/m1/s1. The summed E-state index contributed by atoms with van der Waals surface area (Å²) in [7, 11) is -3.52. The van der Waals surface area contributed by atoms with E-state index in [0.29, 0.717) is 29.7 Å². The van der Waals surface area contributed by atoms with Crippen LogP contribution in [0.2, 0.25) is 0 Å². The van der Waals surface area contributed by atoms with Gasteiger partial charge in [0.15, 0.2) is 11.5 Å². The molecule has 2 aromatic heterocycles. The van der Waals surface area contributed by atoms with Crippen molar-refractivity contribution in [2.45, 2.75) is 58.8 Å². The molecule has 1 aromatic carbocycles. The van der Waals surface area contributed by atoms with Crippen molar-refractivity contribution in [2.75, 3.05) is 18.7 Å². The summed E-state index contributed by atoms with van der Waals surface area (Å²) in [6.45, 7) is 7.60. The van der Waals surface area contributed by atoms with E-state index in [1.807, 2.05) is 13.8 Å². The summed E-state index contributed by atoms with van der Waals surface area (Å²) >= 11 is 0. The van der Waals surface area contributed by atoms with Crippen molar-refractivity contribution < 1.29 is 23.2 Å². The Kier molecular flexibility index (Phi) is 9.13. The van der Waals surface area contributed by atoms with Crippen molar-refractivity contribution in [3.8, 4) is 0 Å². The molecular formula is C23H33FN7O4P. The average molecular weight is 522 g/mol. The van der Waals surface area contributed by atoms with E-state index in [1.54, 1.807) is 36.9 Å². The van der Waals surface area contributed by atoms with E-state index in [9.17, 15) is 13.8 Å². The molecule has 0 fully saturated rings. The van der Waals surface area contributed by atoms with Crippen molar-refractivity contribution in [1.82, 2.24) is 29.7 Å². The first-order valence-electron chi connectivity index (χ1n) is 11.6. The Morgan fingerprint density at radius 2 is 2.08 bits per heavy atom. The van der Waals surface area contributed by atoms with E-state index in [4.69, 9.17) is 15.2 Å². The molecule has 0 unspecified atom stereocenters. The minimum absolute atomic E-state index is 0.0994. The van der Waals surface area contributed by atoms with E-state index in [-0.39, 0.29) is 25.3 Å². The Balaban J connectivity index is 1.72. The third-order valence-electron chi connectivity index (χ3n) is 5.26. The first-order chi connectivity index (χ1) is 17.0. The molecule has 3 rings (SSSR count). The number of aromatic nitrogens is 4. The highest BCUT2D eigenvalue weighted by atomic mass is 31.2. The van der Waals surface area contributed by atoms with Crippen LogP contribution in [-0.4, -0.2) is 50.1 Å². The van der Waals surface area contributed by atoms with Crippen LogP contribution in [-0.2, 0) is 31.9 Å². The maximum atomic E-state index is 13.9. The van der Waals surface area contributed by atoms with Gasteiger partial charge in [-0.3, -0.25) is 9.36 Å². The minimum Gasteiger partial charge on any atom is -0.464 e. The van der Waals surface area contributed by atoms with Crippen molar-refractivity contribution >= 4 is 30.4 Å². The molecule has 2 heterocycles. The van der Waals surface area contributed by atoms with Gasteiger partial charge in [0.2, 0.25) is 7.44 Å². The van der Waals surface area contributed by atoms with Crippen molar-refractivity contribution in [2.24, 2.45) is 0 Å². The predicted molar refractivity (Wildman–Crippen MR) is 134 cm³/mol. The molecule has 11 nitrogen and oxygen atoms in total. The average Bonchev–Trinajstić information content (AvgIpc) is 3.24. The Labute approximate surface area is 209 Å². The van der Waals surface area contributed by atoms with Gasteiger partial charge in [0.05, 0.1) is 25.6 Å². The molecule has 0 spiro atoms. The van der Waals surface area contributed by atoms with E-state index >= 15 is 0 Å². The zero-order valence-corrected chi connectivity index (χ0v) is 21.8. The number of nitrogens with zero attached hydrogens (tertiary/aromatic N) is 4. The second-order valence-electron chi connectivity index (χ2n) is 9.01. The minimum atomic E-state index is -3.52. The van der Waals surface area contributed by atoms with Gasteiger partial charge in [-0.2, -0.15) is 0 Å². The molecule has 0 aliphatic heterocycles. The van der Waals surface area contributed by atoms with Crippen LogP contribution in [0, 0.1) is 5.82 Å². The van der Waals surface area contributed by atoms with E-state index in [2.05, 4.69) is 25.1 Å². The van der Waals surface area contributed by atoms with Gasteiger partial charge in [0, 0.05) is 6.54 Å². The van der Waals surface area contributed by atoms with Crippen LogP contribution < -0.4 is 15.9 Å². The van der Waals surface area contributed by atoms with E-state index < -0.39 is 30.9 Å². The molecule has 13 heteroatoms. The van der Waals surface area contributed by atoms with Crippen molar-refractivity contribution in [1.29, 1.82) is 0 Å². The van der Waals surface area contributed by atoms with E-state index in [0.717, 1.165) is 0 Å². The highest BCUT2D eigenvalue weighted by Crippen LogP contribution is 2.40. The SMILES string of the molecule is CCCOC(=O)C(C)(C)N[P@@](=O)(CO[C@H](C)Cn1cnc2c(N)ncnc21)NCc1cccc(F)c1. The number of carbonyl (C=O) groups is 1. The number of halogens is 1. The third kappa shape index (κ3) is 7.30. The number of hydrogen-bond acceptors (Lipinski definition) is 8. The molecule has 36 heavy (non-hydrogen) atoms. The normalized spacial score (nSPS) is 14.5. The topological polar surface area (TPSA) is 146 Å². The van der Waals surface area contributed by atoms with Crippen LogP contribution in [0.1, 0.15) is 39.7 Å². The lowest BCUT2D eigenvalue weighted by molar-refractivity contribution is -0.149. The van der Waals surface area contributed by atoms with Gasteiger partial charge in [-0.05, 0) is 44.9 Å².